The average Bonchev–Trinajstić information content (AvgIpc) is 2.68. The summed E-state index contributed by atoms with van der Waals surface area (Å²) in [6.45, 7) is 3.61. The van der Waals surface area contributed by atoms with Gasteiger partial charge in [-0.05, 0) is 18.4 Å². The molecule has 0 spiro atoms. The first-order valence-electron chi connectivity index (χ1n) is 8.62. The molecule has 0 bridgehead atoms. The topological polar surface area (TPSA) is 64.1 Å². The van der Waals surface area contributed by atoms with Gasteiger partial charge in [0, 0.05) is 23.4 Å². The van der Waals surface area contributed by atoms with Crippen LogP contribution in [0.1, 0.15) is 13.8 Å². The Morgan fingerprint density at radius 1 is 1.04 bits per heavy atom. The predicted octanol–water partition coefficient (Wildman–Crippen LogP) is 5.17. The number of anilines is 2. The fourth-order valence-corrected chi connectivity index (χ4v) is 2.74. The van der Waals surface area contributed by atoms with Crippen molar-refractivity contribution in [3.63, 3.8) is 0 Å². The highest BCUT2D eigenvalue weighted by Gasteiger charge is 2.11. The Labute approximate surface area is 163 Å². The SMILES string of the molecule is CSc1nc(Nc2cccc(OC(=O)C(C)C)c2)cc(-c2ccccc2)n1. The Balaban J connectivity index is 1.86. The van der Waals surface area contributed by atoms with E-state index in [1.54, 1.807) is 26.0 Å². The molecular weight excluding hydrogens is 358 g/mol. The molecule has 1 aromatic heterocycles. The van der Waals surface area contributed by atoms with Gasteiger partial charge in [-0.15, -0.1) is 0 Å². The second-order valence-electron chi connectivity index (χ2n) is 6.22. The van der Waals surface area contributed by atoms with Crippen LogP contribution in [-0.2, 0) is 4.79 Å². The third kappa shape index (κ3) is 5.08. The lowest BCUT2D eigenvalue weighted by Gasteiger charge is -2.11. The summed E-state index contributed by atoms with van der Waals surface area (Å²) in [4.78, 5) is 20.9. The number of esters is 1. The quantitative estimate of drug-likeness (QED) is 0.276. The van der Waals surface area contributed by atoms with Crippen LogP contribution in [0.2, 0.25) is 0 Å². The largest absolute Gasteiger partial charge is 0.426 e. The first kappa shape index (κ1) is 18.9. The van der Waals surface area contributed by atoms with Gasteiger partial charge in [-0.2, -0.15) is 0 Å². The van der Waals surface area contributed by atoms with Crippen LogP contribution in [-0.4, -0.2) is 22.2 Å². The highest BCUT2D eigenvalue weighted by molar-refractivity contribution is 7.98. The van der Waals surface area contributed by atoms with Crippen molar-refractivity contribution in [3.8, 4) is 17.0 Å². The molecular formula is C21H21N3O2S. The zero-order valence-corrected chi connectivity index (χ0v) is 16.3. The molecule has 27 heavy (non-hydrogen) atoms. The number of nitrogens with zero attached hydrogens (tertiary/aromatic N) is 2. The zero-order valence-electron chi connectivity index (χ0n) is 15.5. The van der Waals surface area contributed by atoms with Crippen molar-refractivity contribution in [1.29, 1.82) is 0 Å². The number of rotatable bonds is 6. The van der Waals surface area contributed by atoms with E-state index in [4.69, 9.17) is 4.74 Å². The Bertz CT molecular complexity index is 930. The molecule has 3 rings (SSSR count). The maximum absolute atomic E-state index is 11.8. The first-order chi connectivity index (χ1) is 13.0. The van der Waals surface area contributed by atoms with Crippen molar-refractivity contribution in [2.75, 3.05) is 11.6 Å². The molecule has 0 aliphatic carbocycles. The van der Waals surface area contributed by atoms with Crippen LogP contribution >= 0.6 is 11.8 Å². The summed E-state index contributed by atoms with van der Waals surface area (Å²) < 4.78 is 5.38. The van der Waals surface area contributed by atoms with E-state index in [2.05, 4.69) is 15.3 Å². The van der Waals surface area contributed by atoms with E-state index in [-0.39, 0.29) is 11.9 Å². The van der Waals surface area contributed by atoms with Crippen molar-refractivity contribution < 1.29 is 9.53 Å². The number of aromatic nitrogens is 2. The molecule has 1 heterocycles. The fraction of sp³-hybridized carbons (Fsp3) is 0.190. The lowest BCUT2D eigenvalue weighted by atomic mass is 10.1. The van der Waals surface area contributed by atoms with E-state index in [0.717, 1.165) is 16.9 Å². The Kier molecular flexibility index (Phi) is 6.08. The molecule has 1 N–H and O–H groups in total. The Morgan fingerprint density at radius 3 is 2.52 bits per heavy atom. The summed E-state index contributed by atoms with van der Waals surface area (Å²) in [6.07, 6.45) is 1.94. The minimum Gasteiger partial charge on any atom is -0.426 e. The van der Waals surface area contributed by atoms with Gasteiger partial charge in [0.25, 0.3) is 0 Å². The molecule has 0 unspecified atom stereocenters. The van der Waals surface area contributed by atoms with Gasteiger partial charge < -0.3 is 10.1 Å². The molecule has 2 aromatic carbocycles. The molecule has 0 saturated carbocycles. The summed E-state index contributed by atoms with van der Waals surface area (Å²) in [5.41, 5.74) is 2.66. The molecule has 6 heteroatoms. The van der Waals surface area contributed by atoms with E-state index in [1.807, 2.05) is 54.8 Å². The van der Waals surface area contributed by atoms with Crippen LogP contribution in [0.4, 0.5) is 11.5 Å². The van der Waals surface area contributed by atoms with Crippen molar-refractivity contribution in [2.24, 2.45) is 5.92 Å². The summed E-state index contributed by atoms with van der Waals surface area (Å²) in [5.74, 6) is 0.743. The van der Waals surface area contributed by atoms with E-state index < -0.39 is 0 Å². The number of nitrogens with one attached hydrogen (secondary N) is 1. The molecule has 3 aromatic rings. The minimum atomic E-state index is -0.259. The first-order valence-corrected chi connectivity index (χ1v) is 9.85. The number of hydrogen-bond donors (Lipinski definition) is 1. The Hall–Kier alpha value is -2.86. The van der Waals surface area contributed by atoms with E-state index in [1.165, 1.54) is 11.8 Å². The summed E-state index contributed by atoms with van der Waals surface area (Å²) in [6, 6.07) is 19.1. The molecule has 0 aliphatic heterocycles. The second-order valence-corrected chi connectivity index (χ2v) is 6.99. The summed E-state index contributed by atoms with van der Waals surface area (Å²) in [7, 11) is 0. The van der Waals surface area contributed by atoms with Gasteiger partial charge >= 0.3 is 5.97 Å². The molecule has 0 saturated heterocycles. The highest BCUT2D eigenvalue weighted by Crippen LogP contribution is 2.26. The highest BCUT2D eigenvalue weighted by atomic mass is 32.2. The number of benzene rings is 2. The van der Waals surface area contributed by atoms with Gasteiger partial charge in [0.1, 0.15) is 11.6 Å². The van der Waals surface area contributed by atoms with E-state index in [9.17, 15) is 4.79 Å². The second kappa shape index (κ2) is 8.68. The normalized spacial score (nSPS) is 10.7. The maximum Gasteiger partial charge on any atom is 0.313 e. The summed E-state index contributed by atoms with van der Waals surface area (Å²) in [5, 5.41) is 3.96. The standard InChI is InChI=1S/C21H21N3O2S/c1-14(2)20(25)26-17-11-7-10-16(12-17)22-19-13-18(23-21(24-19)27-3)15-8-5-4-6-9-15/h4-14H,1-3H3,(H,22,23,24). The smallest absolute Gasteiger partial charge is 0.313 e. The lowest BCUT2D eigenvalue weighted by molar-refractivity contribution is -0.137. The van der Waals surface area contributed by atoms with Crippen molar-refractivity contribution in [2.45, 2.75) is 19.0 Å². The predicted molar refractivity (Wildman–Crippen MR) is 109 cm³/mol. The van der Waals surface area contributed by atoms with Crippen LogP contribution in [0.25, 0.3) is 11.3 Å². The number of hydrogen-bond acceptors (Lipinski definition) is 6. The van der Waals surface area contributed by atoms with Crippen LogP contribution in [0.3, 0.4) is 0 Å². The molecule has 5 nitrogen and oxygen atoms in total. The molecule has 0 atom stereocenters. The van der Waals surface area contributed by atoms with Gasteiger partial charge in [0.05, 0.1) is 11.6 Å². The molecule has 0 aliphatic rings. The monoisotopic (exact) mass is 379 g/mol. The average molecular weight is 379 g/mol. The number of carbonyl (C=O) groups is 1. The van der Waals surface area contributed by atoms with Crippen LogP contribution < -0.4 is 10.1 Å². The van der Waals surface area contributed by atoms with Gasteiger partial charge in [-0.1, -0.05) is 62.0 Å². The number of carbonyl (C=O) groups excluding carboxylic acids is 1. The number of thioether (sulfide) groups is 1. The zero-order chi connectivity index (χ0) is 19.2. The number of ether oxygens (including phenoxy) is 1. The molecule has 0 amide bonds. The van der Waals surface area contributed by atoms with Gasteiger partial charge in [-0.3, -0.25) is 4.79 Å². The maximum atomic E-state index is 11.8. The molecule has 0 fully saturated rings. The lowest BCUT2D eigenvalue weighted by Crippen LogP contribution is -2.14. The third-order valence-corrected chi connectivity index (χ3v) is 4.30. The van der Waals surface area contributed by atoms with Crippen molar-refractivity contribution in [3.05, 3.63) is 60.7 Å². The third-order valence-electron chi connectivity index (χ3n) is 3.75. The van der Waals surface area contributed by atoms with Crippen LogP contribution in [0.5, 0.6) is 5.75 Å². The van der Waals surface area contributed by atoms with Crippen LogP contribution in [0.15, 0.2) is 65.8 Å². The van der Waals surface area contributed by atoms with Crippen LogP contribution in [0, 0.1) is 5.92 Å². The van der Waals surface area contributed by atoms with Gasteiger partial charge in [-0.25, -0.2) is 9.97 Å². The molecule has 138 valence electrons. The minimum absolute atomic E-state index is 0.180. The Morgan fingerprint density at radius 2 is 1.81 bits per heavy atom. The van der Waals surface area contributed by atoms with Crippen molar-refractivity contribution >= 4 is 29.2 Å². The van der Waals surface area contributed by atoms with Gasteiger partial charge in [0.15, 0.2) is 5.16 Å². The van der Waals surface area contributed by atoms with Crippen molar-refractivity contribution in [1.82, 2.24) is 9.97 Å². The van der Waals surface area contributed by atoms with E-state index in [0.29, 0.717) is 16.7 Å². The summed E-state index contributed by atoms with van der Waals surface area (Å²) >= 11 is 1.49. The molecule has 0 radical (unpaired) electrons. The fourth-order valence-electron chi connectivity index (χ4n) is 2.36. The van der Waals surface area contributed by atoms with Gasteiger partial charge in [0.2, 0.25) is 0 Å². The van der Waals surface area contributed by atoms with E-state index >= 15 is 0 Å².